The van der Waals surface area contributed by atoms with Gasteiger partial charge in [-0.2, -0.15) is 4.39 Å². The number of amides is 1. The number of hydrogen-bond donors (Lipinski definition) is 0. The van der Waals surface area contributed by atoms with E-state index in [4.69, 9.17) is 11.6 Å². The van der Waals surface area contributed by atoms with Crippen molar-refractivity contribution in [3.05, 3.63) is 51.2 Å². The summed E-state index contributed by atoms with van der Waals surface area (Å²) >= 11 is 7.10. The van der Waals surface area contributed by atoms with Crippen molar-refractivity contribution < 1.29 is 18.0 Å². The van der Waals surface area contributed by atoms with Crippen LogP contribution in [-0.2, 0) is 11.3 Å². The molecule has 0 spiro atoms. The van der Waals surface area contributed by atoms with Crippen LogP contribution in [0.3, 0.4) is 0 Å². The molecule has 5 nitrogen and oxygen atoms in total. The summed E-state index contributed by atoms with van der Waals surface area (Å²) in [7, 11) is 0. The van der Waals surface area contributed by atoms with Crippen LogP contribution in [-0.4, -0.2) is 45.8 Å². The SMILES string of the molecule is O=C(Cn1ccc2scc(-c3cnc(F)c(Cl)c3)c2c1=O)N1CC(F)C(F)C1. The van der Waals surface area contributed by atoms with E-state index in [-0.39, 0.29) is 24.7 Å². The van der Waals surface area contributed by atoms with Gasteiger partial charge in [-0.15, -0.1) is 11.3 Å². The third-order valence-corrected chi connectivity index (χ3v) is 5.86. The molecule has 1 amide bonds. The quantitative estimate of drug-likeness (QED) is 0.602. The molecule has 4 rings (SSSR count). The third-order valence-electron chi connectivity index (χ3n) is 4.65. The van der Waals surface area contributed by atoms with E-state index < -0.39 is 29.8 Å². The summed E-state index contributed by atoms with van der Waals surface area (Å²) in [6, 6.07) is 3.05. The highest BCUT2D eigenvalue weighted by atomic mass is 35.5. The summed E-state index contributed by atoms with van der Waals surface area (Å²) in [6.45, 7) is -0.965. The molecule has 0 radical (unpaired) electrons. The second kappa shape index (κ2) is 7.21. The topological polar surface area (TPSA) is 55.2 Å². The van der Waals surface area contributed by atoms with E-state index in [1.807, 2.05) is 0 Å². The number of fused-ring (bicyclic) bond motifs is 1. The van der Waals surface area contributed by atoms with Crippen LogP contribution in [0.15, 0.2) is 34.7 Å². The molecule has 28 heavy (non-hydrogen) atoms. The maximum Gasteiger partial charge on any atom is 0.260 e. The Balaban J connectivity index is 1.70. The lowest BCUT2D eigenvalue weighted by Crippen LogP contribution is -2.35. The monoisotopic (exact) mass is 427 g/mol. The number of thiophene rings is 1. The summed E-state index contributed by atoms with van der Waals surface area (Å²) < 4.78 is 41.9. The van der Waals surface area contributed by atoms with E-state index in [1.54, 1.807) is 11.4 Å². The zero-order valence-corrected chi connectivity index (χ0v) is 15.8. The van der Waals surface area contributed by atoms with Crippen molar-refractivity contribution in [3.8, 4) is 11.1 Å². The van der Waals surface area contributed by atoms with Gasteiger partial charge in [0, 0.05) is 33.6 Å². The highest BCUT2D eigenvalue weighted by molar-refractivity contribution is 7.17. The zero-order chi connectivity index (χ0) is 20.0. The standard InChI is InChI=1S/C18H13ClF3N3O2S/c19-11-3-9(4-23-17(11)22)10-8-28-14-1-2-24(18(27)16(10)14)7-15(26)25-5-12(20)13(21)6-25/h1-4,8,12-13H,5-7H2. The van der Waals surface area contributed by atoms with Crippen LogP contribution < -0.4 is 5.56 Å². The van der Waals surface area contributed by atoms with Gasteiger partial charge >= 0.3 is 0 Å². The number of carbonyl (C=O) groups excluding carboxylic acids is 1. The molecule has 3 aromatic rings. The zero-order valence-electron chi connectivity index (χ0n) is 14.2. The smallest absolute Gasteiger partial charge is 0.260 e. The molecular formula is C18H13ClF3N3O2S. The number of pyridine rings is 2. The Morgan fingerprint density at radius 2 is 2.04 bits per heavy atom. The van der Waals surface area contributed by atoms with Crippen molar-refractivity contribution in [1.82, 2.24) is 14.5 Å². The summed E-state index contributed by atoms with van der Waals surface area (Å²) in [4.78, 5) is 29.9. The molecular weight excluding hydrogens is 415 g/mol. The van der Waals surface area contributed by atoms with Crippen molar-refractivity contribution in [3.63, 3.8) is 0 Å². The number of nitrogens with zero attached hydrogens (tertiary/aromatic N) is 3. The number of alkyl halides is 2. The summed E-state index contributed by atoms with van der Waals surface area (Å²) in [5.41, 5.74) is 0.560. The molecule has 2 unspecified atom stereocenters. The molecule has 1 aliphatic rings. The molecule has 0 bridgehead atoms. The highest BCUT2D eigenvalue weighted by Gasteiger charge is 2.35. The van der Waals surface area contributed by atoms with Gasteiger partial charge in [0.25, 0.3) is 5.56 Å². The van der Waals surface area contributed by atoms with Crippen LogP contribution in [0.25, 0.3) is 21.2 Å². The molecule has 0 N–H and O–H groups in total. The maximum absolute atomic E-state index is 13.3. The molecule has 0 saturated carbocycles. The van der Waals surface area contributed by atoms with Crippen LogP contribution in [0.5, 0.6) is 0 Å². The Morgan fingerprint density at radius 1 is 1.32 bits per heavy atom. The van der Waals surface area contributed by atoms with Gasteiger partial charge in [0.2, 0.25) is 11.9 Å². The predicted octanol–water partition coefficient (Wildman–Crippen LogP) is 3.44. The number of hydrogen-bond acceptors (Lipinski definition) is 4. The van der Waals surface area contributed by atoms with Gasteiger partial charge in [0.05, 0.1) is 23.5 Å². The van der Waals surface area contributed by atoms with Crippen LogP contribution in [0.2, 0.25) is 5.02 Å². The fourth-order valence-electron chi connectivity index (χ4n) is 3.16. The number of aromatic nitrogens is 2. The fraction of sp³-hybridized carbons (Fsp3) is 0.278. The first-order valence-electron chi connectivity index (χ1n) is 8.33. The molecule has 3 aromatic heterocycles. The Morgan fingerprint density at radius 3 is 2.71 bits per heavy atom. The molecule has 1 saturated heterocycles. The van der Waals surface area contributed by atoms with Crippen molar-refractivity contribution >= 4 is 38.9 Å². The van der Waals surface area contributed by atoms with Crippen LogP contribution in [0.1, 0.15) is 0 Å². The van der Waals surface area contributed by atoms with Gasteiger partial charge in [-0.1, -0.05) is 11.6 Å². The summed E-state index contributed by atoms with van der Waals surface area (Å²) in [6.07, 6.45) is -0.670. The first-order chi connectivity index (χ1) is 13.3. The van der Waals surface area contributed by atoms with Gasteiger partial charge in [-0.25, -0.2) is 13.8 Å². The predicted molar refractivity (Wildman–Crippen MR) is 101 cm³/mol. The minimum absolute atomic E-state index is 0.168. The average Bonchev–Trinajstić information content (AvgIpc) is 3.24. The van der Waals surface area contributed by atoms with E-state index >= 15 is 0 Å². The Kier molecular flexibility index (Phi) is 4.88. The van der Waals surface area contributed by atoms with Crippen molar-refractivity contribution in [2.24, 2.45) is 0 Å². The second-order valence-electron chi connectivity index (χ2n) is 6.46. The first-order valence-corrected chi connectivity index (χ1v) is 9.59. The van der Waals surface area contributed by atoms with Crippen molar-refractivity contribution in [2.75, 3.05) is 13.1 Å². The largest absolute Gasteiger partial charge is 0.335 e. The molecule has 10 heteroatoms. The van der Waals surface area contributed by atoms with Gasteiger partial charge in [0.1, 0.15) is 6.54 Å². The van der Waals surface area contributed by atoms with Crippen molar-refractivity contribution in [2.45, 2.75) is 18.9 Å². The minimum Gasteiger partial charge on any atom is -0.335 e. The van der Waals surface area contributed by atoms with E-state index in [0.29, 0.717) is 21.2 Å². The van der Waals surface area contributed by atoms with E-state index in [2.05, 4.69) is 4.98 Å². The highest BCUT2D eigenvalue weighted by Crippen LogP contribution is 2.33. The molecule has 0 aliphatic carbocycles. The molecule has 2 atom stereocenters. The number of likely N-dealkylation sites (tertiary alicyclic amines) is 1. The lowest BCUT2D eigenvalue weighted by molar-refractivity contribution is -0.131. The maximum atomic E-state index is 13.3. The summed E-state index contributed by atoms with van der Waals surface area (Å²) in [5, 5.41) is 1.91. The number of halogens is 4. The molecule has 0 aromatic carbocycles. The molecule has 1 fully saturated rings. The summed E-state index contributed by atoms with van der Waals surface area (Å²) in [5.74, 6) is -1.34. The van der Waals surface area contributed by atoms with Crippen LogP contribution in [0.4, 0.5) is 13.2 Å². The van der Waals surface area contributed by atoms with Gasteiger partial charge < -0.3 is 9.47 Å². The first kappa shape index (κ1) is 18.9. The number of rotatable bonds is 3. The lowest BCUT2D eigenvalue weighted by Gasteiger charge is -2.16. The minimum atomic E-state index is -1.71. The third kappa shape index (κ3) is 3.29. The molecule has 1 aliphatic heterocycles. The fourth-order valence-corrected chi connectivity index (χ4v) is 4.28. The van der Waals surface area contributed by atoms with E-state index in [0.717, 1.165) is 4.90 Å². The van der Waals surface area contributed by atoms with Crippen molar-refractivity contribution in [1.29, 1.82) is 0 Å². The average molecular weight is 428 g/mol. The van der Waals surface area contributed by atoms with Gasteiger partial charge in [-0.05, 0) is 12.1 Å². The molecule has 4 heterocycles. The second-order valence-corrected chi connectivity index (χ2v) is 7.78. The number of carbonyl (C=O) groups is 1. The molecule has 146 valence electrons. The Labute approximate surface area is 166 Å². The lowest BCUT2D eigenvalue weighted by atomic mass is 10.1. The Hall–Kier alpha value is -2.39. The van der Waals surface area contributed by atoms with E-state index in [9.17, 15) is 22.8 Å². The normalized spacial score (nSPS) is 19.5. The van der Waals surface area contributed by atoms with Gasteiger partial charge in [0.15, 0.2) is 12.3 Å². The van der Waals surface area contributed by atoms with E-state index in [1.165, 1.54) is 34.4 Å². The van der Waals surface area contributed by atoms with Gasteiger partial charge in [-0.3, -0.25) is 9.59 Å². The van der Waals surface area contributed by atoms with Crippen LogP contribution >= 0.6 is 22.9 Å². The Bertz CT molecular complexity index is 1120. The van der Waals surface area contributed by atoms with Crippen LogP contribution in [0, 0.1) is 5.95 Å².